The van der Waals surface area contributed by atoms with Gasteiger partial charge in [0.25, 0.3) is 0 Å². The predicted molar refractivity (Wildman–Crippen MR) is 99.2 cm³/mol. The number of hydrogen-bond acceptors (Lipinski definition) is 4. The molecule has 0 aliphatic carbocycles. The smallest absolute Gasteiger partial charge is 0.310 e. The zero-order valence-corrected chi connectivity index (χ0v) is 16.3. The molecule has 0 spiro atoms. The third kappa shape index (κ3) is 6.28. The lowest BCUT2D eigenvalue weighted by atomic mass is 9.95. The van der Waals surface area contributed by atoms with Crippen LogP contribution in [0.25, 0.3) is 0 Å². The topological polar surface area (TPSA) is 49.9 Å². The third-order valence-corrected chi connectivity index (χ3v) is 5.58. The van der Waals surface area contributed by atoms with Crippen LogP contribution in [0.1, 0.15) is 65.7 Å². The number of rotatable bonds is 7. The zero-order chi connectivity index (χ0) is 18.2. The number of carbonyl (C=O) groups excluding carboxylic acids is 2. The fraction of sp³-hybridized carbons (Fsp3) is 0.900. The van der Waals surface area contributed by atoms with Crippen LogP contribution < -0.4 is 0 Å². The Kier molecular flexibility index (Phi) is 8.20. The number of amides is 1. The minimum absolute atomic E-state index is 0.00907. The summed E-state index contributed by atoms with van der Waals surface area (Å²) in [4.78, 5) is 29.0. The molecule has 2 heterocycles. The van der Waals surface area contributed by atoms with Crippen LogP contribution in [0.15, 0.2) is 0 Å². The maximum absolute atomic E-state index is 12.4. The lowest BCUT2D eigenvalue weighted by molar-refractivity contribution is -0.150. The highest BCUT2D eigenvalue weighted by atomic mass is 16.5. The number of hydrogen-bond donors (Lipinski definition) is 0. The summed E-state index contributed by atoms with van der Waals surface area (Å²) in [5, 5.41) is 0. The third-order valence-electron chi connectivity index (χ3n) is 5.58. The highest BCUT2D eigenvalue weighted by Crippen LogP contribution is 2.25. The maximum atomic E-state index is 12.4. The van der Waals surface area contributed by atoms with Gasteiger partial charge in [-0.05, 0) is 57.9 Å². The Morgan fingerprint density at radius 3 is 2.76 bits per heavy atom. The Hall–Kier alpha value is -1.10. The van der Waals surface area contributed by atoms with Gasteiger partial charge in [-0.25, -0.2) is 0 Å². The lowest BCUT2D eigenvalue weighted by Crippen LogP contribution is -2.45. The van der Waals surface area contributed by atoms with Crippen molar-refractivity contribution < 1.29 is 14.3 Å². The molecule has 5 heteroatoms. The molecule has 2 rings (SSSR count). The molecule has 0 aromatic rings. The van der Waals surface area contributed by atoms with Gasteiger partial charge in [0.05, 0.1) is 12.5 Å². The Balaban J connectivity index is 1.84. The molecule has 0 bridgehead atoms. The molecule has 1 amide bonds. The Bertz CT molecular complexity index is 439. The molecular formula is C20H36N2O3. The molecule has 0 aromatic carbocycles. The molecule has 2 unspecified atom stereocenters. The van der Waals surface area contributed by atoms with Crippen LogP contribution in [0.2, 0.25) is 0 Å². The van der Waals surface area contributed by atoms with Gasteiger partial charge in [0.2, 0.25) is 5.91 Å². The van der Waals surface area contributed by atoms with Crippen LogP contribution in [-0.2, 0) is 14.3 Å². The largest absolute Gasteiger partial charge is 0.466 e. The van der Waals surface area contributed by atoms with Crippen LogP contribution in [0.5, 0.6) is 0 Å². The predicted octanol–water partition coefficient (Wildman–Crippen LogP) is 3.08. The Morgan fingerprint density at radius 1 is 1.24 bits per heavy atom. The van der Waals surface area contributed by atoms with Gasteiger partial charge in [-0.1, -0.05) is 13.8 Å². The average Bonchev–Trinajstić information content (AvgIpc) is 2.77. The first-order valence-electron chi connectivity index (χ1n) is 10.2. The zero-order valence-electron chi connectivity index (χ0n) is 16.3. The van der Waals surface area contributed by atoms with Crippen molar-refractivity contribution in [3.05, 3.63) is 0 Å². The first-order valence-corrected chi connectivity index (χ1v) is 10.2. The van der Waals surface area contributed by atoms with Gasteiger partial charge in [-0.15, -0.1) is 0 Å². The maximum Gasteiger partial charge on any atom is 0.310 e. The molecule has 2 fully saturated rings. The van der Waals surface area contributed by atoms with E-state index in [1.807, 2.05) is 6.92 Å². The summed E-state index contributed by atoms with van der Waals surface area (Å²) >= 11 is 0. The van der Waals surface area contributed by atoms with Gasteiger partial charge in [0.15, 0.2) is 0 Å². The Labute approximate surface area is 153 Å². The van der Waals surface area contributed by atoms with Crippen LogP contribution >= 0.6 is 0 Å². The van der Waals surface area contributed by atoms with Crippen LogP contribution in [0, 0.1) is 11.8 Å². The fourth-order valence-corrected chi connectivity index (χ4v) is 4.10. The number of nitrogens with zero attached hydrogens (tertiary/aromatic N) is 2. The number of piperidine rings is 1. The first-order chi connectivity index (χ1) is 12.0. The van der Waals surface area contributed by atoms with Gasteiger partial charge in [-0.3, -0.25) is 14.5 Å². The molecular weight excluding hydrogens is 316 g/mol. The second kappa shape index (κ2) is 10.1. The molecule has 0 N–H and O–H groups in total. The average molecular weight is 353 g/mol. The molecule has 2 aliphatic heterocycles. The van der Waals surface area contributed by atoms with E-state index in [0.29, 0.717) is 30.9 Å². The molecule has 5 nitrogen and oxygen atoms in total. The van der Waals surface area contributed by atoms with Gasteiger partial charge in [0, 0.05) is 32.1 Å². The summed E-state index contributed by atoms with van der Waals surface area (Å²) in [6.45, 7) is 10.4. The van der Waals surface area contributed by atoms with Crippen molar-refractivity contribution in [1.29, 1.82) is 0 Å². The van der Waals surface area contributed by atoms with Crippen LogP contribution in [0.4, 0.5) is 0 Å². The van der Waals surface area contributed by atoms with Gasteiger partial charge in [0.1, 0.15) is 0 Å². The van der Waals surface area contributed by atoms with E-state index < -0.39 is 0 Å². The highest BCUT2D eigenvalue weighted by molar-refractivity contribution is 5.76. The SMILES string of the molecule is CCOC(=O)C1CCCN(C2CCC(=O)N(CCCC(C)C)CC2)C1. The van der Waals surface area contributed by atoms with E-state index in [-0.39, 0.29) is 11.9 Å². The van der Waals surface area contributed by atoms with Gasteiger partial charge >= 0.3 is 5.97 Å². The van der Waals surface area contributed by atoms with E-state index in [1.54, 1.807) is 0 Å². The molecule has 144 valence electrons. The summed E-state index contributed by atoms with van der Waals surface area (Å²) in [6.07, 6.45) is 6.86. The number of esters is 1. The first kappa shape index (κ1) is 20.2. The van der Waals surface area contributed by atoms with Crippen molar-refractivity contribution in [2.75, 3.05) is 32.8 Å². The van der Waals surface area contributed by atoms with Crippen molar-refractivity contribution in [3.63, 3.8) is 0 Å². The number of carbonyl (C=O) groups is 2. The second-order valence-electron chi connectivity index (χ2n) is 7.98. The van der Waals surface area contributed by atoms with E-state index in [4.69, 9.17) is 4.74 Å². The van der Waals surface area contributed by atoms with E-state index >= 15 is 0 Å². The minimum Gasteiger partial charge on any atom is -0.466 e. The standard InChI is InChI=1S/C20H36N2O3/c1-4-25-20(24)17-8-6-13-22(15-17)18-9-10-19(23)21(14-11-18)12-5-7-16(2)3/h16-18H,4-15H2,1-3H3. The van der Waals surface area contributed by atoms with E-state index in [2.05, 4.69) is 23.6 Å². The number of ether oxygens (including phenoxy) is 1. The van der Waals surface area contributed by atoms with E-state index in [9.17, 15) is 9.59 Å². The summed E-state index contributed by atoms with van der Waals surface area (Å²) in [7, 11) is 0. The van der Waals surface area contributed by atoms with Crippen molar-refractivity contribution >= 4 is 11.9 Å². The molecule has 0 aromatic heterocycles. The van der Waals surface area contributed by atoms with Crippen molar-refractivity contribution in [2.24, 2.45) is 11.8 Å². The Morgan fingerprint density at radius 2 is 2.04 bits per heavy atom. The van der Waals surface area contributed by atoms with Crippen molar-refractivity contribution in [1.82, 2.24) is 9.80 Å². The summed E-state index contributed by atoms with van der Waals surface area (Å²) in [6, 6.07) is 0.427. The summed E-state index contributed by atoms with van der Waals surface area (Å²) < 4.78 is 5.21. The van der Waals surface area contributed by atoms with Gasteiger partial charge < -0.3 is 9.64 Å². The van der Waals surface area contributed by atoms with Crippen molar-refractivity contribution in [2.45, 2.75) is 71.8 Å². The molecule has 2 saturated heterocycles. The molecule has 0 radical (unpaired) electrons. The van der Waals surface area contributed by atoms with Gasteiger partial charge in [-0.2, -0.15) is 0 Å². The number of likely N-dealkylation sites (tertiary alicyclic amines) is 2. The molecule has 0 saturated carbocycles. The monoisotopic (exact) mass is 352 g/mol. The lowest BCUT2D eigenvalue weighted by Gasteiger charge is -2.37. The fourth-order valence-electron chi connectivity index (χ4n) is 4.10. The second-order valence-corrected chi connectivity index (χ2v) is 7.98. The minimum atomic E-state index is -0.0489. The normalized spacial score (nSPS) is 25.9. The highest BCUT2D eigenvalue weighted by Gasteiger charge is 2.32. The summed E-state index contributed by atoms with van der Waals surface area (Å²) in [5.74, 6) is 0.968. The van der Waals surface area contributed by atoms with E-state index in [1.165, 1.54) is 6.42 Å². The van der Waals surface area contributed by atoms with Crippen LogP contribution in [-0.4, -0.2) is 60.5 Å². The van der Waals surface area contributed by atoms with Crippen molar-refractivity contribution in [3.8, 4) is 0 Å². The van der Waals surface area contributed by atoms with Crippen LogP contribution in [0.3, 0.4) is 0 Å². The van der Waals surface area contributed by atoms with E-state index in [0.717, 1.165) is 58.3 Å². The molecule has 2 atom stereocenters. The summed E-state index contributed by atoms with van der Waals surface area (Å²) in [5.41, 5.74) is 0. The quantitative estimate of drug-likeness (QED) is 0.661. The molecule has 25 heavy (non-hydrogen) atoms. The molecule has 2 aliphatic rings.